The molecule has 0 aromatic carbocycles. The standard InChI is InChI=1S/C18H29N3O3/c1-18(2,3)21-11-13(10-15(21)22)17(24)19-8-9-20(16(23)12-19)14-6-4-5-7-14/h13-14H,4-12H2,1-3H3. The predicted molar refractivity (Wildman–Crippen MR) is 90.1 cm³/mol. The average Bonchev–Trinajstić information content (AvgIpc) is 3.15. The molecule has 1 atom stereocenters. The molecule has 1 unspecified atom stereocenters. The summed E-state index contributed by atoms with van der Waals surface area (Å²) in [7, 11) is 0. The Balaban J connectivity index is 1.59. The lowest BCUT2D eigenvalue weighted by Gasteiger charge is -2.38. The quantitative estimate of drug-likeness (QED) is 0.763. The number of likely N-dealkylation sites (tertiary alicyclic amines) is 1. The topological polar surface area (TPSA) is 60.9 Å². The number of amides is 3. The molecule has 24 heavy (non-hydrogen) atoms. The van der Waals surface area contributed by atoms with Crippen molar-refractivity contribution >= 4 is 17.7 Å². The molecule has 3 amide bonds. The first kappa shape index (κ1) is 17.2. The Kier molecular flexibility index (Phi) is 4.58. The van der Waals surface area contributed by atoms with Crippen molar-refractivity contribution in [3.05, 3.63) is 0 Å². The molecule has 0 N–H and O–H groups in total. The molecule has 3 rings (SSSR count). The van der Waals surface area contributed by atoms with Crippen LogP contribution in [-0.4, -0.2) is 70.2 Å². The molecule has 0 aromatic heterocycles. The van der Waals surface area contributed by atoms with Crippen LogP contribution in [0, 0.1) is 5.92 Å². The van der Waals surface area contributed by atoms with Crippen molar-refractivity contribution in [2.45, 2.75) is 64.5 Å². The van der Waals surface area contributed by atoms with Crippen LogP contribution in [0.25, 0.3) is 0 Å². The summed E-state index contributed by atoms with van der Waals surface area (Å²) in [6.07, 6.45) is 4.86. The number of nitrogens with zero attached hydrogens (tertiary/aromatic N) is 3. The molecule has 0 spiro atoms. The molecule has 6 heteroatoms. The third-order valence-corrected chi connectivity index (χ3v) is 5.62. The molecular formula is C18H29N3O3. The zero-order valence-corrected chi connectivity index (χ0v) is 15.1. The highest BCUT2D eigenvalue weighted by molar-refractivity contribution is 5.92. The molecule has 1 saturated carbocycles. The van der Waals surface area contributed by atoms with Gasteiger partial charge in [0.25, 0.3) is 0 Å². The maximum atomic E-state index is 12.8. The van der Waals surface area contributed by atoms with Gasteiger partial charge in [0.05, 0.1) is 12.5 Å². The smallest absolute Gasteiger partial charge is 0.242 e. The molecular weight excluding hydrogens is 306 g/mol. The van der Waals surface area contributed by atoms with Gasteiger partial charge in [0.1, 0.15) is 0 Å². The van der Waals surface area contributed by atoms with Crippen LogP contribution in [-0.2, 0) is 14.4 Å². The largest absolute Gasteiger partial charge is 0.337 e. The molecule has 3 aliphatic rings. The van der Waals surface area contributed by atoms with Crippen molar-refractivity contribution in [3.8, 4) is 0 Å². The summed E-state index contributed by atoms with van der Waals surface area (Å²) in [4.78, 5) is 42.8. The Hall–Kier alpha value is -1.59. The predicted octanol–water partition coefficient (Wildman–Crippen LogP) is 1.25. The van der Waals surface area contributed by atoms with Gasteiger partial charge in [-0.2, -0.15) is 0 Å². The summed E-state index contributed by atoms with van der Waals surface area (Å²) in [6.45, 7) is 7.85. The van der Waals surface area contributed by atoms with Crippen LogP contribution in [0.15, 0.2) is 0 Å². The zero-order valence-electron chi connectivity index (χ0n) is 15.1. The molecule has 0 radical (unpaired) electrons. The summed E-state index contributed by atoms with van der Waals surface area (Å²) >= 11 is 0. The summed E-state index contributed by atoms with van der Waals surface area (Å²) < 4.78 is 0. The van der Waals surface area contributed by atoms with Gasteiger partial charge in [0.2, 0.25) is 17.7 Å². The van der Waals surface area contributed by atoms with Crippen LogP contribution in [0.3, 0.4) is 0 Å². The number of piperazine rings is 1. The molecule has 2 aliphatic heterocycles. The first-order chi connectivity index (χ1) is 11.3. The van der Waals surface area contributed by atoms with Gasteiger partial charge in [0.15, 0.2) is 0 Å². The van der Waals surface area contributed by atoms with Gasteiger partial charge >= 0.3 is 0 Å². The average molecular weight is 335 g/mol. The number of rotatable bonds is 2. The van der Waals surface area contributed by atoms with E-state index in [2.05, 4.69) is 0 Å². The second-order valence-corrected chi connectivity index (χ2v) is 8.36. The first-order valence-electron chi connectivity index (χ1n) is 9.16. The lowest BCUT2D eigenvalue weighted by Crippen LogP contribution is -2.56. The molecule has 2 saturated heterocycles. The summed E-state index contributed by atoms with van der Waals surface area (Å²) in [5, 5.41) is 0. The van der Waals surface area contributed by atoms with Crippen molar-refractivity contribution in [1.29, 1.82) is 0 Å². The molecule has 3 fully saturated rings. The van der Waals surface area contributed by atoms with E-state index >= 15 is 0 Å². The van der Waals surface area contributed by atoms with Gasteiger partial charge in [-0.05, 0) is 33.6 Å². The molecule has 0 bridgehead atoms. The van der Waals surface area contributed by atoms with Gasteiger partial charge in [-0.25, -0.2) is 0 Å². The SMILES string of the molecule is CC(C)(C)N1CC(C(=O)N2CCN(C3CCCC3)C(=O)C2)CC1=O. The molecule has 134 valence electrons. The maximum absolute atomic E-state index is 12.8. The summed E-state index contributed by atoms with van der Waals surface area (Å²) in [5.41, 5.74) is -0.261. The number of carbonyl (C=O) groups excluding carboxylic acids is 3. The van der Waals surface area contributed by atoms with Crippen LogP contribution in [0.2, 0.25) is 0 Å². The first-order valence-corrected chi connectivity index (χ1v) is 9.16. The number of hydrogen-bond donors (Lipinski definition) is 0. The highest BCUT2D eigenvalue weighted by atomic mass is 16.2. The third-order valence-electron chi connectivity index (χ3n) is 5.62. The van der Waals surface area contributed by atoms with E-state index in [1.165, 1.54) is 12.8 Å². The highest BCUT2D eigenvalue weighted by Crippen LogP contribution is 2.28. The van der Waals surface area contributed by atoms with Crippen molar-refractivity contribution in [3.63, 3.8) is 0 Å². The molecule has 2 heterocycles. The van der Waals surface area contributed by atoms with Gasteiger partial charge < -0.3 is 14.7 Å². The maximum Gasteiger partial charge on any atom is 0.242 e. The van der Waals surface area contributed by atoms with Gasteiger partial charge in [-0.15, -0.1) is 0 Å². The van der Waals surface area contributed by atoms with E-state index in [1.807, 2.05) is 25.7 Å². The van der Waals surface area contributed by atoms with E-state index in [-0.39, 0.29) is 42.1 Å². The van der Waals surface area contributed by atoms with E-state index in [0.717, 1.165) is 12.8 Å². The Labute approximate surface area is 144 Å². The highest BCUT2D eigenvalue weighted by Gasteiger charge is 2.42. The fourth-order valence-corrected chi connectivity index (χ4v) is 4.26. The Bertz CT molecular complexity index is 534. The van der Waals surface area contributed by atoms with Crippen molar-refractivity contribution in [2.75, 3.05) is 26.2 Å². The fraction of sp³-hybridized carbons (Fsp3) is 0.833. The minimum Gasteiger partial charge on any atom is -0.337 e. The zero-order chi connectivity index (χ0) is 17.5. The van der Waals surface area contributed by atoms with Crippen molar-refractivity contribution in [1.82, 2.24) is 14.7 Å². The Morgan fingerprint density at radius 2 is 1.71 bits per heavy atom. The van der Waals surface area contributed by atoms with Crippen LogP contribution in [0.1, 0.15) is 52.9 Å². The summed E-state index contributed by atoms with van der Waals surface area (Å²) in [5.74, 6) is -0.229. The second-order valence-electron chi connectivity index (χ2n) is 8.36. The van der Waals surface area contributed by atoms with Gasteiger partial charge in [0, 0.05) is 37.6 Å². The van der Waals surface area contributed by atoms with Crippen molar-refractivity contribution in [2.24, 2.45) is 5.92 Å². The van der Waals surface area contributed by atoms with Crippen LogP contribution in [0.4, 0.5) is 0 Å². The monoisotopic (exact) mass is 335 g/mol. The minimum atomic E-state index is -0.303. The van der Waals surface area contributed by atoms with Gasteiger partial charge in [-0.1, -0.05) is 12.8 Å². The summed E-state index contributed by atoms with van der Waals surface area (Å²) in [6, 6.07) is 0.374. The van der Waals surface area contributed by atoms with Crippen LogP contribution in [0.5, 0.6) is 0 Å². The van der Waals surface area contributed by atoms with Crippen molar-refractivity contribution < 1.29 is 14.4 Å². The molecule has 6 nitrogen and oxygen atoms in total. The van der Waals surface area contributed by atoms with Crippen LogP contribution < -0.4 is 0 Å². The lowest BCUT2D eigenvalue weighted by molar-refractivity contribution is -0.149. The van der Waals surface area contributed by atoms with E-state index < -0.39 is 0 Å². The van der Waals surface area contributed by atoms with E-state index in [4.69, 9.17) is 0 Å². The lowest BCUT2D eigenvalue weighted by atomic mass is 10.0. The van der Waals surface area contributed by atoms with E-state index in [0.29, 0.717) is 25.7 Å². The van der Waals surface area contributed by atoms with Crippen LogP contribution >= 0.6 is 0 Å². The van der Waals surface area contributed by atoms with Gasteiger partial charge in [-0.3, -0.25) is 14.4 Å². The van der Waals surface area contributed by atoms with E-state index in [1.54, 1.807) is 9.80 Å². The normalized spacial score (nSPS) is 26.6. The molecule has 1 aliphatic carbocycles. The number of hydrogen-bond acceptors (Lipinski definition) is 3. The fourth-order valence-electron chi connectivity index (χ4n) is 4.26. The number of carbonyl (C=O) groups is 3. The van der Waals surface area contributed by atoms with E-state index in [9.17, 15) is 14.4 Å². The second kappa shape index (κ2) is 6.37. The Morgan fingerprint density at radius 3 is 2.25 bits per heavy atom. The molecule has 0 aromatic rings. The minimum absolute atomic E-state index is 0.0329. The Morgan fingerprint density at radius 1 is 1.04 bits per heavy atom. The third kappa shape index (κ3) is 3.28.